The van der Waals surface area contributed by atoms with Gasteiger partial charge in [0.15, 0.2) is 11.6 Å². The molecule has 0 aromatic heterocycles. The number of rotatable bonds is 10. The van der Waals surface area contributed by atoms with Crippen LogP contribution >= 0.6 is 0 Å². The molecule has 2 rings (SSSR count). The van der Waals surface area contributed by atoms with E-state index in [0.717, 1.165) is 30.9 Å². The molecule has 0 unspecified atom stereocenters. The number of esters is 2. The van der Waals surface area contributed by atoms with Crippen LogP contribution in [0.1, 0.15) is 35.2 Å². The maximum Gasteiger partial charge on any atom is 0.343 e. The summed E-state index contributed by atoms with van der Waals surface area (Å²) < 4.78 is 29.3. The molecule has 2 aromatic carbocycles. The Balaban J connectivity index is 1.73. The van der Waals surface area contributed by atoms with Crippen molar-refractivity contribution in [1.29, 1.82) is 0 Å². The van der Waals surface area contributed by atoms with Crippen LogP contribution in [0.4, 0.5) is 4.39 Å². The number of aryl methyl sites for hydroxylation is 1. The van der Waals surface area contributed by atoms with Crippen molar-refractivity contribution in [3.63, 3.8) is 0 Å². The SMILES string of the molecule is C=CC(=O)OCCCCCOc1ccc(C(=O)Oc2ccc(C)cc2F)cc1. The van der Waals surface area contributed by atoms with Crippen molar-refractivity contribution >= 4 is 11.9 Å². The van der Waals surface area contributed by atoms with Crippen LogP contribution in [-0.2, 0) is 9.53 Å². The molecule has 28 heavy (non-hydrogen) atoms. The van der Waals surface area contributed by atoms with Gasteiger partial charge < -0.3 is 14.2 Å². The maximum atomic E-state index is 13.8. The summed E-state index contributed by atoms with van der Waals surface area (Å²) in [5, 5.41) is 0. The zero-order valence-corrected chi connectivity index (χ0v) is 15.8. The first kappa shape index (κ1) is 21.2. The molecular weight excluding hydrogens is 363 g/mol. The van der Waals surface area contributed by atoms with Crippen LogP contribution in [0.2, 0.25) is 0 Å². The number of hydrogen-bond donors (Lipinski definition) is 0. The van der Waals surface area contributed by atoms with E-state index in [1.807, 2.05) is 0 Å². The van der Waals surface area contributed by atoms with Crippen LogP contribution in [0.5, 0.6) is 11.5 Å². The van der Waals surface area contributed by atoms with Crippen LogP contribution in [0.25, 0.3) is 0 Å². The van der Waals surface area contributed by atoms with Crippen LogP contribution in [0.3, 0.4) is 0 Å². The van der Waals surface area contributed by atoms with Gasteiger partial charge in [0.05, 0.1) is 18.8 Å². The minimum Gasteiger partial charge on any atom is -0.494 e. The van der Waals surface area contributed by atoms with Gasteiger partial charge in [-0.1, -0.05) is 12.6 Å². The van der Waals surface area contributed by atoms with Crippen molar-refractivity contribution < 1.29 is 28.2 Å². The second-order valence-electron chi connectivity index (χ2n) is 6.13. The largest absolute Gasteiger partial charge is 0.494 e. The van der Waals surface area contributed by atoms with Gasteiger partial charge in [-0.3, -0.25) is 0 Å². The molecule has 0 saturated carbocycles. The molecular formula is C22H23FO5. The fraction of sp³-hybridized carbons (Fsp3) is 0.273. The maximum absolute atomic E-state index is 13.8. The third kappa shape index (κ3) is 6.87. The molecule has 0 spiro atoms. The van der Waals surface area contributed by atoms with E-state index in [0.29, 0.717) is 24.5 Å². The highest BCUT2D eigenvalue weighted by Gasteiger charge is 2.12. The Hall–Kier alpha value is -3.15. The number of carbonyl (C=O) groups is 2. The number of carbonyl (C=O) groups excluding carboxylic acids is 2. The third-order valence-electron chi connectivity index (χ3n) is 3.85. The topological polar surface area (TPSA) is 61.8 Å². The summed E-state index contributed by atoms with van der Waals surface area (Å²) in [6.45, 7) is 5.95. The quantitative estimate of drug-likeness (QED) is 0.258. The highest BCUT2D eigenvalue weighted by atomic mass is 19.1. The first-order valence-electron chi connectivity index (χ1n) is 9.00. The predicted molar refractivity (Wildman–Crippen MR) is 103 cm³/mol. The van der Waals surface area contributed by atoms with Crippen molar-refractivity contribution in [2.75, 3.05) is 13.2 Å². The van der Waals surface area contributed by atoms with Crippen LogP contribution in [0.15, 0.2) is 55.1 Å². The number of hydrogen-bond acceptors (Lipinski definition) is 5. The molecule has 148 valence electrons. The van der Waals surface area contributed by atoms with E-state index in [2.05, 4.69) is 6.58 Å². The van der Waals surface area contributed by atoms with Crippen molar-refractivity contribution in [2.45, 2.75) is 26.2 Å². The Morgan fingerprint density at radius 2 is 1.75 bits per heavy atom. The zero-order valence-electron chi connectivity index (χ0n) is 15.8. The molecule has 6 heteroatoms. The van der Waals surface area contributed by atoms with Crippen molar-refractivity contribution in [1.82, 2.24) is 0 Å². The summed E-state index contributed by atoms with van der Waals surface area (Å²) in [4.78, 5) is 23.0. The van der Waals surface area contributed by atoms with Crippen LogP contribution in [-0.4, -0.2) is 25.2 Å². The van der Waals surface area contributed by atoms with Gasteiger partial charge in [-0.2, -0.15) is 0 Å². The number of unbranched alkanes of at least 4 members (excludes halogenated alkanes) is 2. The highest BCUT2D eigenvalue weighted by Crippen LogP contribution is 2.20. The molecule has 5 nitrogen and oxygen atoms in total. The molecule has 0 heterocycles. The first-order chi connectivity index (χ1) is 13.5. The number of halogens is 1. The van der Waals surface area contributed by atoms with E-state index < -0.39 is 17.8 Å². The Morgan fingerprint density at radius 3 is 2.43 bits per heavy atom. The van der Waals surface area contributed by atoms with Crippen LogP contribution < -0.4 is 9.47 Å². The Kier molecular flexibility index (Phi) is 8.21. The van der Waals surface area contributed by atoms with E-state index in [1.54, 1.807) is 37.3 Å². The van der Waals surface area contributed by atoms with Crippen molar-refractivity contribution in [3.05, 3.63) is 72.1 Å². The third-order valence-corrected chi connectivity index (χ3v) is 3.85. The predicted octanol–water partition coefficient (Wildman–Crippen LogP) is 4.63. The number of ether oxygens (including phenoxy) is 3. The Labute approximate surface area is 163 Å². The molecule has 0 amide bonds. The van der Waals surface area contributed by atoms with E-state index in [-0.39, 0.29) is 5.75 Å². The molecule has 2 aromatic rings. The summed E-state index contributed by atoms with van der Waals surface area (Å²) in [5.41, 5.74) is 1.05. The summed E-state index contributed by atoms with van der Waals surface area (Å²) >= 11 is 0. The molecule has 0 aliphatic carbocycles. The van der Waals surface area contributed by atoms with Gasteiger partial charge in [0, 0.05) is 6.08 Å². The fourth-order valence-electron chi connectivity index (χ4n) is 2.34. The first-order valence-corrected chi connectivity index (χ1v) is 9.00. The summed E-state index contributed by atoms with van der Waals surface area (Å²) in [7, 11) is 0. The van der Waals surface area contributed by atoms with Gasteiger partial charge in [0.2, 0.25) is 0 Å². The molecule has 0 aliphatic rings. The van der Waals surface area contributed by atoms with Crippen molar-refractivity contribution in [3.8, 4) is 11.5 Å². The molecule has 0 radical (unpaired) electrons. The van der Waals surface area contributed by atoms with E-state index in [1.165, 1.54) is 12.1 Å². The van der Waals surface area contributed by atoms with E-state index >= 15 is 0 Å². The summed E-state index contributed by atoms with van der Waals surface area (Å²) in [6.07, 6.45) is 3.56. The van der Waals surface area contributed by atoms with Gasteiger partial charge in [0.1, 0.15) is 5.75 Å². The van der Waals surface area contributed by atoms with E-state index in [4.69, 9.17) is 14.2 Å². The molecule has 0 atom stereocenters. The van der Waals surface area contributed by atoms with Gasteiger partial charge in [-0.05, 0) is 68.1 Å². The minimum atomic E-state index is -0.636. The lowest BCUT2D eigenvalue weighted by Gasteiger charge is -2.08. The lowest BCUT2D eigenvalue weighted by molar-refractivity contribution is -0.137. The van der Waals surface area contributed by atoms with Crippen molar-refractivity contribution in [2.24, 2.45) is 0 Å². The van der Waals surface area contributed by atoms with E-state index in [9.17, 15) is 14.0 Å². The Morgan fingerprint density at radius 1 is 1.04 bits per heavy atom. The molecule has 0 N–H and O–H groups in total. The summed E-state index contributed by atoms with van der Waals surface area (Å²) in [6, 6.07) is 10.9. The molecule has 0 bridgehead atoms. The van der Waals surface area contributed by atoms with Crippen LogP contribution in [0, 0.1) is 12.7 Å². The average Bonchev–Trinajstić information content (AvgIpc) is 2.69. The average molecular weight is 386 g/mol. The highest BCUT2D eigenvalue weighted by molar-refractivity contribution is 5.91. The lowest BCUT2D eigenvalue weighted by atomic mass is 10.2. The Bertz CT molecular complexity index is 814. The normalized spacial score (nSPS) is 10.2. The minimum absolute atomic E-state index is 0.102. The molecule has 0 fully saturated rings. The zero-order chi connectivity index (χ0) is 20.4. The molecule has 0 aliphatic heterocycles. The smallest absolute Gasteiger partial charge is 0.343 e. The second kappa shape index (κ2) is 10.9. The molecule has 0 saturated heterocycles. The summed E-state index contributed by atoms with van der Waals surface area (Å²) in [5.74, 6) is -1.11. The lowest BCUT2D eigenvalue weighted by Crippen LogP contribution is -2.09. The van der Waals surface area contributed by atoms with Gasteiger partial charge in [-0.25, -0.2) is 14.0 Å². The van der Waals surface area contributed by atoms with Gasteiger partial charge in [-0.15, -0.1) is 0 Å². The standard InChI is InChI=1S/C22H23FO5/c1-3-21(24)27-14-6-4-5-13-26-18-10-8-17(9-11-18)22(25)28-20-12-7-16(2)15-19(20)23/h3,7-12,15H,1,4-6,13-14H2,2H3. The monoisotopic (exact) mass is 386 g/mol. The second-order valence-corrected chi connectivity index (χ2v) is 6.13. The number of benzene rings is 2. The van der Waals surface area contributed by atoms with Gasteiger partial charge in [0.25, 0.3) is 0 Å². The fourth-order valence-corrected chi connectivity index (χ4v) is 2.34. The van der Waals surface area contributed by atoms with Gasteiger partial charge >= 0.3 is 11.9 Å².